The van der Waals surface area contributed by atoms with Crippen molar-refractivity contribution in [2.45, 2.75) is 13.0 Å². The molecule has 0 saturated carbocycles. The number of carbonyl (C=O) groups excluding carboxylic acids is 1. The summed E-state index contributed by atoms with van der Waals surface area (Å²) in [7, 11) is 0. The first-order valence-corrected chi connectivity index (χ1v) is 6.32. The van der Waals surface area contributed by atoms with Gasteiger partial charge in [0.1, 0.15) is 0 Å². The molecule has 0 saturated heterocycles. The quantitative estimate of drug-likeness (QED) is 0.926. The Morgan fingerprint density at radius 1 is 1.47 bits per heavy atom. The molecular formula is C12H11ClN2OS. The third kappa shape index (κ3) is 3.05. The summed E-state index contributed by atoms with van der Waals surface area (Å²) in [5.41, 5.74) is 0.557. The van der Waals surface area contributed by atoms with Crippen molar-refractivity contribution in [2.75, 3.05) is 0 Å². The van der Waals surface area contributed by atoms with Gasteiger partial charge in [0.15, 0.2) is 0 Å². The number of halogens is 1. The van der Waals surface area contributed by atoms with E-state index in [1.807, 2.05) is 19.1 Å². The topological polar surface area (TPSA) is 42.0 Å². The molecule has 17 heavy (non-hydrogen) atoms. The highest BCUT2D eigenvalue weighted by Gasteiger charge is 2.12. The molecule has 1 amide bonds. The molecular weight excluding hydrogens is 256 g/mol. The first-order valence-electron chi connectivity index (χ1n) is 5.13. The van der Waals surface area contributed by atoms with Crippen molar-refractivity contribution in [3.63, 3.8) is 0 Å². The van der Waals surface area contributed by atoms with Crippen molar-refractivity contribution in [3.8, 4) is 0 Å². The van der Waals surface area contributed by atoms with Crippen molar-refractivity contribution in [1.29, 1.82) is 0 Å². The third-order valence-corrected chi connectivity index (χ3v) is 3.71. The second-order valence-corrected chi connectivity index (χ2v) is 5.33. The van der Waals surface area contributed by atoms with Gasteiger partial charge in [0, 0.05) is 17.3 Å². The Labute approximate surface area is 108 Å². The number of hydrogen-bond donors (Lipinski definition) is 1. The van der Waals surface area contributed by atoms with Crippen molar-refractivity contribution < 1.29 is 4.79 Å². The zero-order valence-corrected chi connectivity index (χ0v) is 10.8. The monoisotopic (exact) mass is 266 g/mol. The Bertz CT molecular complexity index is 512. The van der Waals surface area contributed by atoms with Crippen LogP contribution in [0.25, 0.3) is 0 Å². The minimum atomic E-state index is -0.130. The van der Waals surface area contributed by atoms with Crippen molar-refractivity contribution in [2.24, 2.45) is 0 Å². The molecule has 0 aliphatic carbocycles. The van der Waals surface area contributed by atoms with E-state index in [4.69, 9.17) is 11.6 Å². The van der Waals surface area contributed by atoms with Gasteiger partial charge in [-0.05, 0) is 31.2 Å². The van der Waals surface area contributed by atoms with E-state index >= 15 is 0 Å². The van der Waals surface area contributed by atoms with Crippen LogP contribution in [-0.4, -0.2) is 10.9 Å². The lowest BCUT2D eigenvalue weighted by Gasteiger charge is -2.11. The van der Waals surface area contributed by atoms with Crippen molar-refractivity contribution >= 4 is 28.8 Å². The van der Waals surface area contributed by atoms with Crippen LogP contribution >= 0.6 is 22.9 Å². The second-order valence-electron chi connectivity index (χ2n) is 3.58. The fourth-order valence-electron chi connectivity index (χ4n) is 1.41. The highest BCUT2D eigenvalue weighted by atomic mass is 35.5. The maximum absolute atomic E-state index is 11.9. The number of nitrogens with zero attached hydrogens (tertiary/aromatic N) is 1. The fourth-order valence-corrected chi connectivity index (χ4v) is 2.47. The van der Waals surface area contributed by atoms with Gasteiger partial charge in [0.05, 0.1) is 15.9 Å². The van der Waals surface area contributed by atoms with Gasteiger partial charge in [-0.15, -0.1) is 11.3 Å². The minimum Gasteiger partial charge on any atom is -0.345 e. The molecule has 0 aromatic carbocycles. The zero-order chi connectivity index (χ0) is 12.3. The first kappa shape index (κ1) is 12.1. The Hall–Kier alpha value is -1.39. The average Bonchev–Trinajstić information content (AvgIpc) is 2.77. The molecule has 2 rings (SSSR count). The van der Waals surface area contributed by atoms with E-state index in [9.17, 15) is 4.79 Å². The lowest BCUT2D eigenvalue weighted by molar-refractivity contribution is 0.0940. The maximum Gasteiger partial charge on any atom is 0.253 e. The van der Waals surface area contributed by atoms with E-state index < -0.39 is 0 Å². The third-order valence-electron chi connectivity index (χ3n) is 2.29. The Morgan fingerprint density at radius 3 is 2.88 bits per heavy atom. The SMILES string of the molecule is CC(NC(=O)c1cccnc1)c1ccc(Cl)s1. The van der Waals surface area contributed by atoms with Crippen molar-refractivity contribution in [1.82, 2.24) is 10.3 Å². The van der Waals surface area contributed by atoms with Crippen LogP contribution in [-0.2, 0) is 0 Å². The Kier molecular flexibility index (Phi) is 3.76. The normalized spacial score (nSPS) is 12.1. The number of rotatable bonds is 3. The van der Waals surface area contributed by atoms with E-state index in [2.05, 4.69) is 10.3 Å². The summed E-state index contributed by atoms with van der Waals surface area (Å²) < 4.78 is 0.725. The van der Waals surface area contributed by atoms with Crippen LogP contribution in [0.2, 0.25) is 4.34 Å². The van der Waals surface area contributed by atoms with Gasteiger partial charge in [-0.3, -0.25) is 9.78 Å². The van der Waals surface area contributed by atoms with E-state index in [1.54, 1.807) is 24.5 Å². The molecule has 1 unspecified atom stereocenters. The van der Waals surface area contributed by atoms with Crippen molar-refractivity contribution in [3.05, 3.63) is 51.4 Å². The molecule has 1 atom stereocenters. The smallest absolute Gasteiger partial charge is 0.253 e. The summed E-state index contributed by atoms with van der Waals surface area (Å²) in [5, 5.41) is 2.90. The molecule has 1 N–H and O–H groups in total. The number of pyridine rings is 1. The molecule has 2 aromatic heterocycles. The number of carbonyl (C=O) groups is 1. The maximum atomic E-state index is 11.9. The van der Waals surface area contributed by atoms with Gasteiger partial charge in [0.25, 0.3) is 5.91 Å². The van der Waals surface area contributed by atoms with E-state index in [0.29, 0.717) is 5.56 Å². The Balaban J connectivity index is 2.04. The molecule has 0 aliphatic rings. The number of aromatic nitrogens is 1. The van der Waals surface area contributed by atoms with Gasteiger partial charge >= 0.3 is 0 Å². The highest BCUT2D eigenvalue weighted by Crippen LogP contribution is 2.26. The molecule has 5 heteroatoms. The average molecular weight is 267 g/mol. The van der Waals surface area contributed by atoms with Crippen LogP contribution in [0.4, 0.5) is 0 Å². The molecule has 88 valence electrons. The molecule has 2 aromatic rings. The van der Waals surface area contributed by atoms with Gasteiger partial charge in [-0.25, -0.2) is 0 Å². The lowest BCUT2D eigenvalue weighted by Crippen LogP contribution is -2.26. The molecule has 0 radical (unpaired) electrons. The van der Waals surface area contributed by atoms with Gasteiger partial charge in [-0.1, -0.05) is 11.6 Å². The second kappa shape index (κ2) is 5.29. The van der Waals surface area contributed by atoms with Crippen LogP contribution in [0.5, 0.6) is 0 Å². The van der Waals surface area contributed by atoms with Crippen LogP contribution in [0.15, 0.2) is 36.7 Å². The fraction of sp³-hybridized carbons (Fsp3) is 0.167. The van der Waals surface area contributed by atoms with E-state index in [-0.39, 0.29) is 11.9 Å². The lowest BCUT2D eigenvalue weighted by atomic mass is 10.2. The Morgan fingerprint density at radius 2 is 2.29 bits per heavy atom. The molecule has 2 heterocycles. The largest absolute Gasteiger partial charge is 0.345 e. The number of thiophene rings is 1. The number of hydrogen-bond acceptors (Lipinski definition) is 3. The first-order chi connectivity index (χ1) is 8.16. The van der Waals surface area contributed by atoms with E-state index in [0.717, 1.165) is 9.21 Å². The summed E-state index contributed by atoms with van der Waals surface area (Å²) in [6.45, 7) is 1.93. The van der Waals surface area contributed by atoms with E-state index in [1.165, 1.54) is 11.3 Å². The summed E-state index contributed by atoms with van der Waals surface area (Å²) >= 11 is 7.32. The van der Waals surface area contributed by atoms with Crippen LogP contribution in [0, 0.1) is 0 Å². The number of amides is 1. The molecule has 0 bridgehead atoms. The molecule has 0 fully saturated rings. The number of nitrogens with one attached hydrogen (secondary N) is 1. The summed E-state index contributed by atoms with van der Waals surface area (Å²) in [4.78, 5) is 16.8. The predicted octanol–water partition coefficient (Wildman–Crippen LogP) is 3.29. The zero-order valence-electron chi connectivity index (χ0n) is 9.18. The standard InChI is InChI=1S/C12H11ClN2OS/c1-8(10-4-5-11(13)17-10)15-12(16)9-3-2-6-14-7-9/h2-8H,1H3,(H,15,16). The molecule has 3 nitrogen and oxygen atoms in total. The minimum absolute atomic E-state index is 0.0554. The molecule has 0 aliphatic heterocycles. The summed E-state index contributed by atoms with van der Waals surface area (Å²) in [6, 6.07) is 7.16. The predicted molar refractivity (Wildman–Crippen MR) is 69.4 cm³/mol. The summed E-state index contributed by atoms with van der Waals surface area (Å²) in [6.07, 6.45) is 3.18. The van der Waals surface area contributed by atoms with Gasteiger partial charge in [-0.2, -0.15) is 0 Å². The summed E-state index contributed by atoms with van der Waals surface area (Å²) in [5.74, 6) is -0.130. The van der Waals surface area contributed by atoms with Gasteiger partial charge in [0.2, 0.25) is 0 Å². The highest BCUT2D eigenvalue weighted by molar-refractivity contribution is 7.16. The molecule has 0 spiro atoms. The van der Waals surface area contributed by atoms with Gasteiger partial charge < -0.3 is 5.32 Å². The van der Waals surface area contributed by atoms with Crippen LogP contribution in [0.1, 0.15) is 28.2 Å². The van der Waals surface area contributed by atoms with Crippen LogP contribution in [0.3, 0.4) is 0 Å². The van der Waals surface area contributed by atoms with Crippen LogP contribution < -0.4 is 5.32 Å².